The molecule has 2 unspecified atom stereocenters. The standard InChI is InChI=1S/C18H37N3/c1-4-10-20-11-13-21(14-12-20)18(15-19)8-5-6-17(7-9-18)16(2)3/h16-17H,4-15,19H2,1-3H3. The van der Waals surface area contributed by atoms with Crippen LogP contribution in [0.4, 0.5) is 0 Å². The van der Waals surface area contributed by atoms with E-state index < -0.39 is 0 Å². The smallest absolute Gasteiger partial charge is 0.0332 e. The van der Waals surface area contributed by atoms with Crippen molar-refractivity contribution in [2.75, 3.05) is 39.3 Å². The van der Waals surface area contributed by atoms with Crippen molar-refractivity contribution in [1.82, 2.24) is 9.80 Å². The van der Waals surface area contributed by atoms with Crippen LogP contribution in [-0.4, -0.2) is 54.6 Å². The number of piperazine rings is 1. The van der Waals surface area contributed by atoms with Crippen LogP contribution in [0.1, 0.15) is 59.3 Å². The molecule has 0 bridgehead atoms. The topological polar surface area (TPSA) is 32.5 Å². The van der Waals surface area contributed by atoms with Gasteiger partial charge in [0.05, 0.1) is 0 Å². The van der Waals surface area contributed by atoms with Gasteiger partial charge in [-0.15, -0.1) is 0 Å². The van der Waals surface area contributed by atoms with E-state index in [0.29, 0.717) is 5.54 Å². The van der Waals surface area contributed by atoms with Crippen LogP contribution in [-0.2, 0) is 0 Å². The number of nitrogens with zero attached hydrogens (tertiary/aromatic N) is 2. The summed E-state index contributed by atoms with van der Waals surface area (Å²) in [5, 5.41) is 0. The molecule has 2 fully saturated rings. The lowest BCUT2D eigenvalue weighted by Crippen LogP contribution is -2.60. The van der Waals surface area contributed by atoms with Crippen molar-refractivity contribution in [3.05, 3.63) is 0 Å². The molecular formula is C18H37N3. The van der Waals surface area contributed by atoms with E-state index in [1.807, 2.05) is 0 Å². The Morgan fingerprint density at radius 2 is 1.81 bits per heavy atom. The summed E-state index contributed by atoms with van der Waals surface area (Å²) in [7, 11) is 0. The number of hydrogen-bond acceptors (Lipinski definition) is 3. The van der Waals surface area contributed by atoms with Gasteiger partial charge < -0.3 is 10.6 Å². The first-order valence-corrected chi connectivity index (χ1v) is 9.29. The summed E-state index contributed by atoms with van der Waals surface area (Å²) < 4.78 is 0. The zero-order valence-electron chi connectivity index (χ0n) is 14.6. The summed E-state index contributed by atoms with van der Waals surface area (Å²) in [5.74, 6) is 1.75. The van der Waals surface area contributed by atoms with Gasteiger partial charge in [-0.05, 0) is 44.1 Å². The van der Waals surface area contributed by atoms with E-state index >= 15 is 0 Å². The fraction of sp³-hybridized carbons (Fsp3) is 1.00. The summed E-state index contributed by atoms with van der Waals surface area (Å²) in [6, 6.07) is 0. The van der Waals surface area contributed by atoms with Gasteiger partial charge in [0.2, 0.25) is 0 Å². The van der Waals surface area contributed by atoms with Crippen LogP contribution in [0, 0.1) is 11.8 Å². The SMILES string of the molecule is CCCN1CCN(C2(CN)CCCC(C(C)C)CC2)CC1. The minimum Gasteiger partial charge on any atom is -0.329 e. The Labute approximate surface area is 132 Å². The van der Waals surface area contributed by atoms with Gasteiger partial charge >= 0.3 is 0 Å². The summed E-state index contributed by atoms with van der Waals surface area (Å²) in [6.45, 7) is 14.1. The molecule has 124 valence electrons. The Balaban J connectivity index is 1.95. The Morgan fingerprint density at radius 1 is 1.10 bits per heavy atom. The molecule has 0 aromatic heterocycles. The van der Waals surface area contributed by atoms with Crippen LogP contribution in [0.5, 0.6) is 0 Å². The summed E-state index contributed by atoms with van der Waals surface area (Å²) in [4.78, 5) is 5.37. The lowest BCUT2D eigenvalue weighted by atomic mass is 9.85. The van der Waals surface area contributed by atoms with Crippen LogP contribution in [0.25, 0.3) is 0 Å². The maximum Gasteiger partial charge on any atom is 0.0332 e. The van der Waals surface area contributed by atoms with Crippen molar-refractivity contribution >= 4 is 0 Å². The van der Waals surface area contributed by atoms with Crippen LogP contribution < -0.4 is 5.73 Å². The molecule has 1 heterocycles. The van der Waals surface area contributed by atoms with Crippen molar-refractivity contribution in [2.24, 2.45) is 17.6 Å². The summed E-state index contributed by atoms with van der Waals surface area (Å²) in [6.07, 6.45) is 8.08. The maximum absolute atomic E-state index is 6.30. The molecule has 1 saturated heterocycles. The fourth-order valence-electron chi connectivity index (χ4n) is 4.49. The van der Waals surface area contributed by atoms with E-state index in [-0.39, 0.29) is 0 Å². The van der Waals surface area contributed by atoms with Crippen molar-refractivity contribution in [3.63, 3.8) is 0 Å². The highest BCUT2D eigenvalue weighted by Crippen LogP contribution is 2.37. The van der Waals surface area contributed by atoms with Crippen LogP contribution >= 0.6 is 0 Å². The van der Waals surface area contributed by atoms with E-state index in [1.54, 1.807) is 0 Å². The molecular weight excluding hydrogens is 258 g/mol. The molecule has 0 radical (unpaired) electrons. The zero-order valence-corrected chi connectivity index (χ0v) is 14.6. The fourth-order valence-corrected chi connectivity index (χ4v) is 4.49. The maximum atomic E-state index is 6.30. The molecule has 3 heteroatoms. The van der Waals surface area contributed by atoms with E-state index in [1.165, 1.54) is 71.2 Å². The first-order chi connectivity index (χ1) is 10.1. The second kappa shape index (κ2) is 7.94. The molecule has 1 aliphatic carbocycles. The number of hydrogen-bond donors (Lipinski definition) is 1. The molecule has 2 N–H and O–H groups in total. The highest BCUT2D eigenvalue weighted by Gasteiger charge is 2.38. The van der Waals surface area contributed by atoms with E-state index in [9.17, 15) is 0 Å². The van der Waals surface area contributed by atoms with Crippen molar-refractivity contribution < 1.29 is 0 Å². The largest absolute Gasteiger partial charge is 0.329 e. The molecule has 3 nitrogen and oxygen atoms in total. The molecule has 2 rings (SSSR count). The summed E-state index contributed by atoms with van der Waals surface area (Å²) in [5.41, 5.74) is 6.61. The lowest BCUT2D eigenvalue weighted by molar-refractivity contribution is 0.0254. The quantitative estimate of drug-likeness (QED) is 0.792. The van der Waals surface area contributed by atoms with Crippen molar-refractivity contribution in [2.45, 2.75) is 64.8 Å². The first kappa shape index (κ1) is 17.2. The van der Waals surface area contributed by atoms with Crippen LogP contribution in [0.3, 0.4) is 0 Å². The number of nitrogens with two attached hydrogens (primary N) is 1. The van der Waals surface area contributed by atoms with Crippen LogP contribution in [0.2, 0.25) is 0 Å². The highest BCUT2D eigenvalue weighted by atomic mass is 15.3. The third kappa shape index (κ3) is 4.20. The lowest BCUT2D eigenvalue weighted by Gasteiger charge is -2.47. The molecule has 0 spiro atoms. The van der Waals surface area contributed by atoms with E-state index in [4.69, 9.17) is 5.73 Å². The van der Waals surface area contributed by atoms with Gasteiger partial charge in [-0.25, -0.2) is 0 Å². The minimum atomic E-state index is 0.307. The predicted octanol–water partition coefficient (Wildman–Crippen LogP) is 2.95. The third-order valence-corrected chi connectivity index (χ3v) is 6.10. The van der Waals surface area contributed by atoms with E-state index in [0.717, 1.165) is 18.4 Å². The monoisotopic (exact) mass is 295 g/mol. The predicted molar refractivity (Wildman–Crippen MR) is 91.5 cm³/mol. The highest BCUT2D eigenvalue weighted by molar-refractivity contribution is 4.96. The van der Waals surface area contributed by atoms with Crippen molar-refractivity contribution in [3.8, 4) is 0 Å². The molecule has 0 aromatic carbocycles. The van der Waals surface area contributed by atoms with Gasteiger partial charge in [0.15, 0.2) is 0 Å². The average Bonchev–Trinajstić information content (AvgIpc) is 2.72. The van der Waals surface area contributed by atoms with Crippen LogP contribution in [0.15, 0.2) is 0 Å². The molecule has 0 aromatic rings. The molecule has 21 heavy (non-hydrogen) atoms. The van der Waals surface area contributed by atoms with Gasteiger partial charge in [-0.2, -0.15) is 0 Å². The Hall–Kier alpha value is -0.120. The molecule has 2 atom stereocenters. The van der Waals surface area contributed by atoms with Gasteiger partial charge in [-0.1, -0.05) is 33.6 Å². The molecule has 0 amide bonds. The normalized spacial score (nSPS) is 33.3. The molecule has 1 aliphatic heterocycles. The molecule has 1 saturated carbocycles. The van der Waals surface area contributed by atoms with Gasteiger partial charge in [0.1, 0.15) is 0 Å². The van der Waals surface area contributed by atoms with Gasteiger partial charge in [0, 0.05) is 38.3 Å². The number of rotatable bonds is 5. The summed E-state index contributed by atoms with van der Waals surface area (Å²) >= 11 is 0. The average molecular weight is 296 g/mol. The van der Waals surface area contributed by atoms with Crippen molar-refractivity contribution in [1.29, 1.82) is 0 Å². The van der Waals surface area contributed by atoms with Gasteiger partial charge in [-0.3, -0.25) is 4.90 Å². The molecule has 2 aliphatic rings. The second-order valence-electron chi connectivity index (χ2n) is 7.69. The zero-order chi connectivity index (χ0) is 15.3. The Kier molecular flexibility index (Phi) is 6.51. The minimum absolute atomic E-state index is 0.307. The first-order valence-electron chi connectivity index (χ1n) is 9.29. The Morgan fingerprint density at radius 3 is 2.38 bits per heavy atom. The second-order valence-corrected chi connectivity index (χ2v) is 7.69. The van der Waals surface area contributed by atoms with E-state index in [2.05, 4.69) is 30.6 Å². The van der Waals surface area contributed by atoms with Gasteiger partial charge in [0.25, 0.3) is 0 Å². The Bertz CT molecular complexity index is 297. The third-order valence-electron chi connectivity index (χ3n) is 6.10.